The summed E-state index contributed by atoms with van der Waals surface area (Å²) >= 11 is 0. The molecule has 58 heavy (non-hydrogen) atoms. The summed E-state index contributed by atoms with van der Waals surface area (Å²) in [4.78, 5) is 78.8. The largest absolute Gasteiger partial charge is 0.444 e. The number of amides is 5. The van der Waals surface area contributed by atoms with Crippen LogP contribution in [0.5, 0.6) is 0 Å². The fraction of sp³-hybridized carbons (Fsp3) is 0.524. The molecule has 2 aliphatic heterocycles. The van der Waals surface area contributed by atoms with E-state index in [2.05, 4.69) is 15.4 Å². The zero-order chi connectivity index (χ0) is 42.0. The average molecular weight is 824 g/mol. The second-order valence-corrected chi connectivity index (χ2v) is 17.4. The van der Waals surface area contributed by atoms with Gasteiger partial charge in [-0.3, -0.25) is 28.8 Å². The predicted octanol–water partition coefficient (Wildman–Crippen LogP) is 5.60. The van der Waals surface area contributed by atoms with Crippen molar-refractivity contribution in [1.29, 1.82) is 0 Å². The van der Waals surface area contributed by atoms with Crippen molar-refractivity contribution in [2.45, 2.75) is 133 Å². The van der Waals surface area contributed by atoms with Crippen molar-refractivity contribution in [3.8, 4) is 0 Å². The van der Waals surface area contributed by atoms with Gasteiger partial charge in [0, 0.05) is 30.1 Å². The van der Waals surface area contributed by atoms with Crippen LogP contribution in [0.1, 0.15) is 107 Å². The number of ether oxygens (including phenoxy) is 2. The fourth-order valence-electron chi connectivity index (χ4n) is 7.69. The normalized spacial score (nSPS) is 22.3. The minimum absolute atomic E-state index is 0.120. The molecule has 14 nitrogen and oxygen atoms in total. The second-order valence-electron chi connectivity index (χ2n) is 16.2. The summed E-state index contributed by atoms with van der Waals surface area (Å²) in [5.74, 6) is -1.37. The highest BCUT2D eigenvalue weighted by Crippen LogP contribution is 2.41. The van der Waals surface area contributed by atoms with Gasteiger partial charge >= 0.3 is 12.2 Å². The molecule has 3 N–H and O–H groups in total. The lowest BCUT2D eigenvalue weighted by atomic mass is 9.64. The highest BCUT2D eigenvalue weighted by atomic mass is 32.2. The van der Waals surface area contributed by atoms with Gasteiger partial charge < -0.3 is 25.0 Å². The molecule has 314 valence electrons. The molecule has 1 aliphatic carbocycles. The monoisotopic (exact) mass is 823 g/mol. The predicted molar refractivity (Wildman–Crippen MR) is 213 cm³/mol. The molecule has 0 radical (unpaired) electrons. The first-order valence-electron chi connectivity index (χ1n) is 19.8. The van der Waals surface area contributed by atoms with Gasteiger partial charge in [-0.15, -0.1) is 0 Å². The lowest BCUT2D eigenvalue weighted by molar-refractivity contribution is -0.136. The van der Waals surface area contributed by atoms with Crippen LogP contribution >= 0.6 is 0 Å². The maximum Gasteiger partial charge on any atom is 0.410 e. The first-order chi connectivity index (χ1) is 27.6. The van der Waals surface area contributed by atoms with Crippen LogP contribution in [-0.4, -0.2) is 86.6 Å². The van der Waals surface area contributed by atoms with Gasteiger partial charge in [0.1, 0.15) is 35.4 Å². The van der Waals surface area contributed by atoms with Gasteiger partial charge in [0.05, 0.1) is 18.0 Å². The van der Waals surface area contributed by atoms with Crippen molar-refractivity contribution in [3.63, 3.8) is 0 Å². The number of nitrogens with one attached hydrogen (secondary N) is 3. The molecule has 1 saturated heterocycles. The van der Waals surface area contributed by atoms with E-state index in [-0.39, 0.29) is 43.3 Å². The molecule has 2 aromatic rings. The first-order valence-corrected chi connectivity index (χ1v) is 20.9. The summed E-state index contributed by atoms with van der Waals surface area (Å²) in [5, 5.41) is 5.43. The minimum atomic E-state index is -1.87. The van der Waals surface area contributed by atoms with E-state index >= 15 is 0 Å². The van der Waals surface area contributed by atoms with E-state index in [9.17, 15) is 37.4 Å². The molecule has 1 saturated carbocycles. The van der Waals surface area contributed by atoms with Crippen molar-refractivity contribution in [3.05, 3.63) is 77.1 Å². The van der Waals surface area contributed by atoms with Gasteiger partial charge in [-0.25, -0.2) is 18.2 Å². The number of rotatable bonds is 17. The molecule has 16 heteroatoms. The van der Waals surface area contributed by atoms with Crippen molar-refractivity contribution in [1.82, 2.24) is 25.2 Å². The summed E-state index contributed by atoms with van der Waals surface area (Å²) in [6.45, 7) is 7.63. The smallest absolute Gasteiger partial charge is 0.410 e. The van der Waals surface area contributed by atoms with Crippen molar-refractivity contribution in [2.24, 2.45) is 5.92 Å². The van der Waals surface area contributed by atoms with Crippen LogP contribution in [0.4, 0.5) is 14.0 Å². The van der Waals surface area contributed by atoms with Gasteiger partial charge in [-0.1, -0.05) is 49.3 Å². The maximum atomic E-state index is 14.3. The Kier molecular flexibility index (Phi) is 14.8. The number of carbonyl (C=O) groups is 6. The number of benzene rings is 2. The van der Waals surface area contributed by atoms with Crippen LogP contribution in [0, 0.1) is 11.7 Å². The fourth-order valence-corrected chi connectivity index (χ4v) is 8.55. The SMILES string of the molecule is CC1CC(OC(=O)N2Cc3cccc(F)c3C2)CN1C(=O)C(CCCCC/C=C\CC1CCC1(NC=O)C(=O)NS(=O)c1ccc(C=O)cc1)NC(=O)OC(C)(C)C. The van der Waals surface area contributed by atoms with Gasteiger partial charge in [0.2, 0.25) is 12.3 Å². The summed E-state index contributed by atoms with van der Waals surface area (Å²) in [6.07, 6.45) is 8.69. The lowest BCUT2D eigenvalue weighted by Gasteiger charge is -2.47. The second kappa shape index (κ2) is 19.6. The summed E-state index contributed by atoms with van der Waals surface area (Å²) in [7, 11) is -1.87. The summed E-state index contributed by atoms with van der Waals surface area (Å²) in [6, 6.07) is 9.68. The van der Waals surface area contributed by atoms with Crippen LogP contribution in [0.3, 0.4) is 0 Å². The standard InChI is InChI=1S/C42H54FN5O9S/c1-28-22-32(56-40(54)47-23-30-12-11-14-35(43)34(30)25-47)24-48(28)37(51)36(45-39(53)57-41(2,3)4)15-10-8-6-5-7-9-13-31-20-21-42(31,44-27-50)38(52)46-58(55)33-18-16-29(26-49)17-19-33/h7,9,11-12,14,16-19,26-28,31-32,36H,5-6,8,10,13,15,20-25H2,1-4H3,(H,44,50)(H,45,53)(H,46,52)/b9-7-. The van der Waals surface area contributed by atoms with Gasteiger partial charge in [0.15, 0.2) is 11.0 Å². The van der Waals surface area contributed by atoms with Gasteiger partial charge in [0.25, 0.3) is 5.91 Å². The molecule has 0 aromatic heterocycles. The molecule has 0 spiro atoms. The Labute approximate surface area is 341 Å². The Hall–Kier alpha value is -5.12. The number of likely N-dealkylation sites (tertiary alicyclic amines) is 1. The molecule has 0 bridgehead atoms. The zero-order valence-electron chi connectivity index (χ0n) is 33.5. The van der Waals surface area contributed by atoms with E-state index in [1.165, 1.54) is 35.2 Å². The van der Waals surface area contributed by atoms with Crippen molar-refractivity contribution < 1.29 is 46.8 Å². The molecule has 5 rings (SSSR count). The van der Waals surface area contributed by atoms with E-state index in [0.29, 0.717) is 67.2 Å². The zero-order valence-corrected chi connectivity index (χ0v) is 34.3. The molecule has 3 aliphatic rings. The third-order valence-corrected chi connectivity index (χ3v) is 12.0. The Morgan fingerprint density at radius 1 is 1.03 bits per heavy atom. The number of fused-ring (bicyclic) bond motifs is 1. The van der Waals surface area contributed by atoms with E-state index in [1.54, 1.807) is 37.8 Å². The molecule has 6 unspecified atom stereocenters. The van der Waals surface area contributed by atoms with E-state index < -0.39 is 52.4 Å². The van der Waals surface area contributed by atoms with Crippen LogP contribution in [0.2, 0.25) is 0 Å². The van der Waals surface area contributed by atoms with Crippen molar-refractivity contribution >= 4 is 47.7 Å². The highest BCUT2D eigenvalue weighted by molar-refractivity contribution is 7.83. The first kappa shape index (κ1) is 44.0. The number of allylic oxidation sites excluding steroid dienone is 2. The summed E-state index contributed by atoms with van der Waals surface area (Å²) < 4.78 is 40.8. The number of nitrogens with zero attached hydrogens (tertiary/aromatic N) is 2. The van der Waals surface area contributed by atoms with E-state index in [1.807, 2.05) is 19.1 Å². The number of halogens is 1. The molecule has 2 fully saturated rings. The lowest BCUT2D eigenvalue weighted by Crippen LogP contribution is -2.66. The number of carbonyl (C=O) groups excluding carboxylic acids is 6. The van der Waals surface area contributed by atoms with Gasteiger partial charge in [-0.05, 0) is 95.9 Å². The molecular formula is C42H54FN5O9S. The molecule has 2 aromatic carbocycles. The van der Waals surface area contributed by atoms with Gasteiger partial charge in [-0.2, -0.15) is 0 Å². The third-order valence-electron chi connectivity index (χ3n) is 10.9. The topological polar surface area (TPSA) is 181 Å². The quantitative estimate of drug-likeness (QED) is 0.104. The van der Waals surface area contributed by atoms with Crippen LogP contribution in [0.15, 0.2) is 59.5 Å². The molecule has 6 atom stereocenters. The summed E-state index contributed by atoms with van der Waals surface area (Å²) in [5.41, 5.74) is -0.307. The van der Waals surface area contributed by atoms with E-state index in [4.69, 9.17) is 9.47 Å². The minimum Gasteiger partial charge on any atom is -0.444 e. The maximum absolute atomic E-state index is 14.3. The number of hydrogen-bond acceptors (Lipinski definition) is 9. The highest BCUT2D eigenvalue weighted by Gasteiger charge is 2.52. The van der Waals surface area contributed by atoms with Crippen LogP contribution in [-0.2, 0) is 47.9 Å². The Morgan fingerprint density at radius 2 is 1.79 bits per heavy atom. The van der Waals surface area contributed by atoms with Crippen LogP contribution in [0.25, 0.3) is 0 Å². The Balaban J connectivity index is 1.08. The van der Waals surface area contributed by atoms with Crippen LogP contribution < -0.4 is 15.4 Å². The number of hydrogen-bond donors (Lipinski definition) is 3. The number of alkyl carbamates (subject to hydrolysis) is 1. The molecule has 2 heterocycles. The Bertz CT molecular complexity index is 1890. The molecular weight excluding hydrogens is 770 g/mol. The van der Waals surface area contributed by atoms with E-state index in [0.717, 1.165) is 24.8 Å². The number of unbranched alkanes of at least 4 members (excludes halogenated alkanes) is 3. The third kappa shape index (κ3) is 11.1. The van der Waals surface area contributed by atoms with Crippen molar-refractivity contribution in [2.75, 3.05) is 6.54 Å². The number of aldehydes is 1. The Morgan fingerprint density at radius 3 is 2.45 bits per heavy atom. The molecule has 5 amide bonds. The average Bonchev–Trinajstić information content (AvgIpc) is 3.78.